The van der Waals surface area contributed by atoms with E-state index in [0.29, 0.717) is 5.41 Å². The molecule has 1 spiro atoms. The highest BCUT2D eigenvalue weighted by Crippen LogP contribution is 2.40. The number of aromatic nitrogens is 1. The van der Waals surface area contributed by atoms with Gasteiger partial charge in [-0.25, -0.2) is 0 Å². The summed E-state index contributed by atoms with van der Waals surface area (Å²) in [5.41, 5.74) is 2.30. The Morgan fingerprint density at radius 1 is 1.04 bits per heavy atom. The maximum absolute atomic E-state index is 13.2. The first-order valence-corrected chi connectivity index (χ1v) is 9.10. The Balaban J connectivity index is 1.58. The monoisotopic (exact) mass is 325 g/mol. The number of hydrogen-bond acceptors (Lipinski definition) is 2. The van der Waals surface area contributed by atoms with E-state index in [1.54, 1.807) is 0 Å². The van der Waals surface area contributed by atoms with Crippen LogP contribution in [0.1, 0.15) is 36.2 Å². The average molecular weight is 325 g/mol. The van der Waals surface area contributed by atoms with Gasteiger partial charge in [0.15, 0.2) is 0 Å². The normalized spacial score (nSPS) is 21.5. The summed E-state index contributed by atoms with van der Waals surface area (Å²) in [6.07, 6.45) is 4.86. The Hall–Kier alpha value is -1.81. The first-order valence-electron chi connectivity index (χ1n) is 9.10. The molecular formula is C20H27N3O. The molecule has 24 heavy (non-hydrogen) atoms. The highest BCUT2D eigenvalue weighted by atomic mass is 16.2. The Bertz CT molecular complexity index is 755. The molecule has 0 radical (unpaired) electrons. The molecule has 2 saturated heterocycles. The predicted molar refractivity (Wildman–Crippen MR) is 97.2 cm³/mol. The van der Waals surface area contributed by atoms with Crippen molar-refractivity contribution in [3.8, 4) is 0 Å². The lowest BCUT2D eigenvalue weighted by molar-refractivity contribution is 0.0256. The van der Waals surface area contributed by atoms with Gasteiger partial charge in [-0.1, -0.05) is 18.2 Å². The number of carbonyl (C=O) groups excluding carboxylic acids is 1. The van der Waals surface area contributed by atoms with Crippen molar-refractivity contribution in [2.45, 2.75) is 25.7 Å². The van der Waals surface area contributed by atoms with Gasteiger partial charge in [-0.05, 0) is 63.4 Å². The third-order valence-electron chi connectivity index (χ3n) is 6.17. The number of piperidine rings is 2. The molecule has 2 fully saturated rings. The van der Waals surface area contributed by atoms with Crippen LogP contribution in [0.2, 0.25) is 0 Å². The lowest BCUT2D eigenvalue weighted by Gasteiger charge is -2.47. The molecule has 1 amide bonds. The van der Waals surface area contributed by atoms with E-state index in [4.69, 9.17) is 0 Å². The Labute approximate surface area is 144 Å². The van der Waals surface area contributed by atoms with Gasteiger partial charge >= 0.3 is 0 Å². The molecule has 1 aromatic carbocycles. The van der Waals surface area contributed by atoms with Gasteiger partial charge in [0.05, 0.1) is 0 Å². The van der Waals surface area contributed by atoms with E-state index in [9.17, 15) is 4.79 Å². The maximum Gasteiger partial charge on any atom is 0.270 e. The van der Waals surface area contributed by atoms with Crippen LogP contribution in [0.4, 0.5) is 0 Å². The molecule has 128 valence electrons. The van der Waals surface area contributed by atoms with Crippen molar-refractivity contribution >= 4 is 16.8 Å². The number of hydrogen-bond donors (Lipinski definition) is 0. The van der Waals surface area contributed by atoms with Gasteiger partial charge in [-0.3, -0.25) is 4.79 Å². The molecule has 4 heteroatoms. The molecule has 0 bridgehead atoms. The van der Waals surface area contributed by atoms with Gasteiger partial charge < -0.3 is 14.4 Å². The maximum atomic E-state index is 13.2. The van der Waals surface area contributed by atoms with Crippen LogP contribution in [0.15, 0.2) is 30.3 Å². The summed E-state index contributed by atoms with van der Waals surface area (Å²) < 4.78 is 2.05. The number of amides is 1. The molecule has 2 aliphatic heterocycles. The molecule has 0 saturated carbocycles. The van der Waals surface area contributed by atoms with Gasteiger partial charge in [0, 0.05) is 31.0 Å². The third-order valence-corrected chi connectivity index (χ3v) is 6.17. The smallest absolute Gasteiger partial charge is 0.270 e. The fourth-order valence-corrected chi connectivity index (χ4v) is 4.54. The van der Waals surface area contributed by atoms with Gasteiger partial charge in [-0.2, -0.15) is 0 Å². The van der Waals surface area contributed by atoms with Crippen LogP contribution in [-0.2, 0) is 7.05 Å². The topological polar surface area (TPSA) is 28.5 Å². The zero-order valence-electron chi connectivity index (χ0n) is 14.8. The van der Waals surface area contributed by atoms with Gasteiger partial charge in [-0.15, -0.1) is 0 Å². The van der Waals surface area contributed by atoms with E-state index in [1.165, 1.54) is 19.3 Å². The van der Waals surface area contributed by atoms with Gasteiger partial charge in [0.1, 0.15) is 5.69 Å². The quantitative estimate of drug-likeness (QED) is 0.806. The zero-order valence-corrected chi connectivity index (χ0v) is 14.8. The summed E-state index contributed by atoms with van der Waals surface area (Å²) in [7, 11) is 4.21. The van der Waals surface area contributed by atoms with E-state index < -0.39 is 0 Å². The number of nitrogens with zero attached hydrogens (tertiary/aromatic N) is 3. The minimum absolute atomic E-state index is 0.201. The third kappa shape index (κ3) is 2.63. The fourth-order valence-electron chi connectivity index (χ4n) is 4.54. The number of fused-ring (bicyclic) bond motifs is 1. The summed E-state index contributed by atoms with van der Waals surface area (Å²) in [6, 6.07) is 10.3. The molecule has 0 N–H and O–H groups in total. The molecule has 0 aliphatic carbocycles. The van der Waals surface area contributed by atoms with Crippen molar-refractivity contribution in [1.82, 2.24) is 14.4 Å². The minimum Gasteiger partial charge on any atom is -0.340 e. The average Bonchev–Trinajstić information content (AvgIpc) is 2.95. The van der Waals surface area contributed by atoms with E-state index in [2.05, 4.69) is 29.0 Å². The summed E-state index contributed by atoms with van der Waals surface area (Å²) in [5.74, 6) is 0.201. The highest BCUT2D eigenvalue weighted by Gasteiger charge is 2.39. The fraction of sp³-hybridized carbons (Fsp3) is 0.550. The van der Waals surface area contributed by atoms with Crippen molar-refractivity contribution in [2.75, 3.05) is 33.2 Å². The Kier molecular flexibility index (Phi) is 3.87. The van der Waals surface area contributed by atoms with Crippen LogP contribution in [-0.4, -0.2) is 53.5 Å². The molecular weight excluding hydrogens is 298 g/mol. The standard InChI is InChI=1S/C20H27N3O/c1-21-12-9-20(10-13-21)8-5-11-23(15-20)19(24)18-14-16-6-3-4-7-17(16)22(18)2/h3-4,6-7,14H,5,8-13,15H2,1-2H3. The van der Waals surface area contributed by atoms with Crippen LogP contribution in [0.3, 0.4) is 0 Å². The van der Waals surface area contributed by atoms with Gasteiger partial charge in [0.25, 0.3) is 5.91 Å². The number of likely N-dealkylation sites (tertiary alicyclic amines) is 2. The van der Waals surface area contributed by atoms with E-state index in [-0.39, 0.29) is 5.91 Å². The molecule has 1 aromatic heterocycles. The lowest BCUT2D eigenvalue weighted by atomic mass is 9.72. The zero-order chi connectivity index (χ0) is 16.7. The number of aryl methyl sites for hydroxylation is 1. The van der Waals surface area contributed by atoms with E-state index >= 15 is 0 Å². The van der Waals surface area contributed by atoms with Crippen LogP contribution in [0.5, 0.6) is 0 Å². The highest BCUT2D eigenvalue weighted by molar-refractivity contribution is 5.98. The van der Waals surface area contributed by atoms with Gasteiger partial charge in [0.2, 0.25) is 0 Å². The number of para-hydroxylation sites is 1. The molecule has 4 nitrogen and oxygen atoms in total. The minimum atomic E-state index is 0.201. The molecule has 0 atom stereocenters. The largest absolute Gasteiger partial charge is 0.340 e. The van der Waals surface area contributed by atoms with Crippen molar-refractivity contribution in [1.29, 1.82) is 0 Å². The summed E-state index contributed by atoms with van der Waals surface area (Å²) in [4.78, 5) is 17.7. The van der Waals surface area contributed by atoms with Crippen LogP contribution in [0.25, 0.3) is 10.9 Å². The molecule has 2 aromatic rings. The summed E-state index contributed by atoms with van der Waals surface area (Å²) in [5, 5.41) is 1.15. The SMILES string of the molecule is CN1CCC2(CCCN(C(=O)c3cc4ccccc4n3C)C2)CC1. The molecule has 2 aliphatic rings. The van der Waals surface area contributed by atoms with Crippen molar-refractivity contribution < 1.29 is 4.79 Å². The number of rotatable bonds is 1. The van der Waals surface area contributed by atoms with Crippen LogP contribution < -0.4 is 0 Å². The van der Waals surface area contributed by atoms with Crippen LogP contribution in [0, 0.1) is 5.41 Å². The predicted octanol–water partition coefficient (Wildman–Crippen LogP) is 3.13. The summed E-state index contributed by atoms with van der Waals surface area (Å²) >= 11 is 0. The second kappa shape index (κ2) is 5.92. The number of carbonyl (C=O) groups is 1. The van der Waals surface area contributed by atoms with E-state index in [0.717, 1.165) is 49.2 Å². The van der Waals surface area contributed by atoms with Crippen LogP contribution >= 0.6 is 0 Å². The van der Waals surface area contributed by atoms with Crippen molar-refractivity contribution in [3.05, 3.63) is 36.0 Å². The molecule has 0 unspecified atom stereocenters. The van der Waals surface area contributed by atoms with Crippen molar-refractivity contribution in [3.63, 3.8) is 0 Å². The second-order valence-corrected chi connectivity index (χ2v) is 7.78. The number of benzene rings is 1. The Morgan fingerprint density at radius 2 is 1.79 bits per heavy atom. The summed E-state index contributed by atoms with van der Waals surface area (Å²) in [6.45, 7) is 4.16. The first kappa shape index (κ1) is 15.7. The van der Waals surface area contributed by atoms with Crippen molar-refractivity contribution in [2.24, 2.45) is 12.5 Å². The lowest BCUT2D eigenvalue weighted by Crippen LogP contribution is -2.50. The molecule has 3 heterocycles. The molecule has 4 rings (SSSR count). The second-order valence-electron chi connectivity index (χ2n) is 7.78. The Morgan fingerprint density at radius 3 is 2.54 bits per heavy atom. The first-order chi connectivity index (χ1) is 11.6. The van der Waals surface area contributed by atoms with E-state index in [1.807, 2.05) is 29.8 Å².